The summed E-state index contributed by atoms with van der Waals surface area (Å²) < 4.78 is 0. The van der Waals surface area contributed by atoms with Gasteiger partial charge in [-0.15, -0.1) is 0 Å². The van der Waals surface area contributed by atoms with E-state index in [9.17, 15) is 5.11 Å². The Hall–Kier alpha value is -0.930. The third-order valence-electron chi connectivity index (χ3n) is 3.37. The standard InChI is InChI=1S/C15H26N2O/c1-5-8-15(18)14(6-2)17(4)11-13-10-7-9-12(3)16-13/h7,9-10,14-15,18H,5-6,8,11H2,1-4H3. The average Bonchev–Trinajstić information content (AvgIpc) is 2.30. The third kappa shape index (κ3) is 4.39. The molecule has 3 nitrogen and oxygen atoms in total. The number of nitrogens with zero attached hydrogens (tertiary/aromatic N) is 2. The van der Waals surface area contributed by atoms with E-state index >= 15 is 0 Å². The van der Waals surface area contributed by atoms with E-state index in [2.05, 4.69) is 30.8 Å². The van der Waals surface area contributed by atoms with Crippen molar-refractivity contribution in [1.82, 2.24) is 9.88 Å². The normalized spacial score (nSPS) is 14.8. The lowest BCUT2D eigenvalue weighted by Gasteiger charge is -2.31. The van der Waals surface area contributed by atoms with Gasteiger partial charge in [0.1, 0.15) is 0 Å². The third-order valence-corrected chi connectivity index (χ3v) is 3.37. The van der Waals surface area contributed by atoms with Crippen molar-refractivity contribution in [2.45, 2.75) is 58.7 Å². The maximum atomic E-state index is 10.1. The minimum Gasteiger partial charge on any atom is -0.391 e. The number of aliphatic hydroxyl groups excluding tert-OH is 1. The smallest absolute Gasteiger partial charge is 0.0695 e. The first-order valence-corrected chi connectivity index (χ1v) is 6.89. The molecule has 3 heteroatoms. The second-order valence-corrected chi connectivity index (χ2v) is 5.02. The summed E-state index contributed by atoms with van der Waals surface area (Å²) in [6, 6.07) is 6.30. The summed E-state index contributed by atoms with van der Waals surface area (Å²) in [4.78, 5) is 6.72. The number of pyridine rings is 1. The van der Waals surface area contributed by atoms with E-state index in [0.717, 1.165) is 37.2 Å². The van der Waals surface area contributed by atoms with Crippen LogP contribution in [0, 0.1) is 6.92 Å². The molecule has 0 aromatic carbocycles. The molecule has 0 fully saturated rings. The number of aliphatic hydroxyl groups is 1. The Kier molecular flexibility index (Phi) is 6.30. The number of aryl methyl sites for hydroxylation is 1. The maximum absolute atomic E-state index is 10.1. The zero-order valence-electron chi connectivity index (χ0n) is 12.1. The maximum Gasteiger partial charge on any atom is 0.0695 e. The van der Waals surface area contributed by atoms with Gasteiger partial charge in [-0.05, 0) is 38.9 Å². The highest BCUT2D eigenvalue weighted by Gasteiger charge is 2.21. The van der Waals surface area contributed by atoms with Crippen molar-refractivity contribution in [3.05, 3.63) is 29.6 Å². The van der Waals surface area contributed by atoms with E-state index in [-0.39, 0.29) is 12.1 Å². The van der Waals surface area contributed by atoms with Gasteiger partial charge in [-0.3, -0.25) is 9.88 Å². The van der Waals surface area contributed by atoms with Gasteiger partial charge in [0, 0.05) is 18.3 Å². The Bertz CT molecular complexity index is 354. The Morgan fingerprint density at radius 1 is 1.33 bits per heavy atom. The lowest BCUT2D eigenvalue weighted by molar-refractivity contribution is 0.0500. The lowest BCUT2D eigenvalue weighted by Crippen LogP contribution is -2.40. The highest BCUT2D eigenvalue weighted by molar-refractivity contribution is 5.09. The van der Waals surface area contributed by atoms with Crippen LogP contribution in [0.1, 0.15) is 44.5 Å². The van der Waals surface area contributed by atoms with Crippen molar-refractivity contribution in [3.8, 4) is 0 Å². The van der Waals surface area contributed by atoms with Gasteiger partial charge in [0.25, 0.3) is 0 Å². The Morgan fingerprint density at radius 3 is 2.61 bits per heavy atom. The summed E-state index contributed by atoms with van der Waals surface area (Å²) in [6.45, 7) is 7.04. The number of likely N-dealkylation sites (N-methyl/N-ethyl adjacent to an activating group) is 1. The quantitative estimate of drug-likeness (QED) is 0.808. The molecule has 2 atom stereocenters. The second kappa shape index (κ2) is 7.49. The summed E-state index contributed by atoms with van der Waals surface area (Å²) in [7, 11) is 2.07. The molecule has 1 heterocycles. The van der Waals surface area contributed by atoms with Crippen molar-refractivity contribution >= 4 is 0 Å². The average molecular weight is 250 g/mol. The highest BCUT2D eigenvalue weighted by atomic mass is 16.3. The molecule has 0 aliphatic carbocycles. The highest BCUT2D eigenvalue weighted by Crippen LogP contribution is 2.14. The molecule has 1 aromatic rings. The fraction of sp³-hybridized carbons (Fsp3) is 0.667. The molecule has 1 aromatic heterocycles. The monoisotopic (exact) mass is 250 g/mol. The molecule has 0 radical (unpaired) electrons. The SMILES string of the molecule is CCCC(O)C(CC)N(C)Cc1cccc(C)n1. The van der Waals surface area contributed by atoms with Gasteiger partial charge in [-0.25, -0.2) is 0 Å². The molecule has 0 aliphatic heterocycles. The van der Waals surface area contributed by atoms with E-state index in [4.69, 9.17) is 0 Å². The van der Waals surface area contributed by atoms with Crippen molar-refractivity contribution in [3.63, 3.8) is 0 Å². The minimum absolute atomic E-state index is 0.215. The first-order chi connectivity index (χ1) is 8.58. The van der Waals surface area contributed by atoms with Gasteiger partial charge in [0.05, 0.1) is 11.8 Å². The van der Waals surface area contributed by atoms with Gasteiger partial charge < -0.3 is 5.11 Å². The summed E-state index contributed by atoms with van der Waals surface area (Å²) >= 11 is 0. The zero-order valence-corrected chi connectivity index (χ0v) is 12.1. The summed E-state index contributed by atoms with van der Waals surface area (Å²) in [5.74, 6) is 0. The van der Waals surface area contributed by atoms with E-state index in [0.29, 0.717) is 0 Å². The van der Waals surface area contributed by atoms with Crippen LogP contribution in [0.25, 0.3) is 0 Å². The predicted molar refractivity (Wildman–Crippen MR) is 75.4 cm³/mol. The van der Waals surface area contributed by atoms with E-state index in [1.807, 2.05) is 25.1 Å². The van der Waals surface area contributed by atoms with Crippen LogP contribution in [0.4, 0.5) is 0 Å². The number of hydrogen-bond acceptors (Lipinski definition) is 3. The topological polar surface area (TPSA) is 36.4 Å². The molecular weight excluding hydrogens is 224 g/mol. The molecule has 0 saturated heterocycles. The summed E-state index contributed by atoms with van der Waals surface area (Å²) in [5, 5.41) is 10.1. The fourth-order valence-electron chi connectivity index (χ4n) is 2.43. The Balaban J connectivity index is 2.64. The van der Waals surface area contributed by atoms with Crippen LogP contribution in [0.3, 0.4) is 0 Å². The molecule has 1 rings (SSSR count). The molecule has 1 N–H and O–H groups in total. The van der Waals surface area contributed by atoms with E-state index in [1.165, 1.54) is 0 Å². The second-order valence-electron chi connectivity index (χ2n) is 5.02. The molecule has 2 unspecified atom stereocenters. The van der Waals surface area contributed by atoms with Crippen molar-refractivity contribution in [2.24, 2.45) is 0 Å². The number of rotatable bonds is 7. The van der Waals surface area contributed by atoms with E-state index in [1.54, 1.807) is 0 Å². The van der Waals surface area contributed by atoms with Crippen LogP contribution in [0.2, 0.25) is 0 Å². The molecule has 102 valence electrons. The van der Waals surface area contributed by atoms with Crippen LogP contribution in [-0.4, -0.2) is 34.2 Å². The number of hydrogen-bond donors (Lipinski definition) is 1. The van der Waals surface area contributed by atoms with E-state index < -0.39 is 0 Å². The van der Waals surface area contributed by atoms with Crippen LogP contribution in [0.15, 0.2) is 18.2 Å². The fourth-order valence-corrected chi connectivity index (χ4v) is 2.43. The first-order valence-electron chi connectivity index (χ1n) is 6.89. The lowest BCUT2D eigenvalue weighted by atomic mass is 10.0. The molecule has 0 amide bonds. The largest absolute Gasteiger partial charge is 0.391 e. The van der Waals surface area contributed by atoms with Gasteiger partial charge in [0.15, 0.2) is 0 Å². The van der Waals surface area contributed by atoms with Gasteiger partial charge in [0.2, 0.25) is 0 Å². The number of aromatic nitrogens is 1. The van der Waals surface area contributed by atoms with Gasteiger partial charge in [-0.1, -0.05) is 26.3 Å². The molecule has 0 saturated carbocycles. The molecule has 18 heavy (non-hydrogen) atoms. The van der Waals surface area contributed by atoms with Crippen molar-refractivity contribution in [2.75, 3.05) is 7.05 Å². The van der Waals surface area contributed by atoms with Crippen LogP contribution < -0.4 is 0 Å². The summed E-state index contributed by atoms with van der Waals surface area (Å²) in [5.41, 5.74) is 2.11. The molecule has 0 aliphatic rings. The molecule has 0 bridgehead atoms. The minimum atomic E-state index is -0.241. The molecular formula is C15H26N2O. The molecule has 0 spiro atoms. The Labute approximate surface area is 111 Å². The van der Waals surface area contributed by atoms with Crippen LogP contribution >= 0.6 is 0 Å². The van der Waals surface area contributed by atoms with Crippen LogP contribution in [-0.2, 0) is 6.54 Å². The van der Waals surface area contributed by atoms with Crippen molar-refractivity contribution in [1.29, 1.82) is 0 Å². The summed E-state index contributed by atoms with van der Waals surface area (Å²) in [6.07, 6.45) is 2.61. The zero-order chi connectivity index (χ0) is 13.5. The van der Waals surface area contributed by atoms with Gasteiger partial charge >= 0.3 is 0 Å². The predicted octanol–water partition coefficient (Wildman–Crippen LogP) is 2.76. The first kappa shape index (κ1) is 15.1. The Morgan fingerprint density at radius 2 is 2.06 bits per heavy atom. The van der Waals surface area contributed by atoms with Crippen molar-refractivity contribution < 1.29 is 5.11 Å². The van der Waals surface area contributed by atoms with Crippen LogP contribution in [0.5, 0.6) is 0 Å². The van der Waals surface area contributed by atoms with Gasteiger partial charge in [-0.2, -0.15) is 0 Å².